The van der Waals surface area contributed by atoms with Crippen LogP contribution in [0.5, 0.6) is 0 Å². The molecule has 0 radical (unpaired) electrons. The minimum Gasteiger partial charge on any atom is -0.462 e. The van der Waals surface area contributed by atoms with Gasteiger partial charge in [-0.3, -0.25) is 4.79 Å². The Hall–Kier alpha value is -0.650. The number of esters is 1. The molecule has 5 heteroatoms. The molecule has 3 unspecified atom stereocenters. The van der Waals surface area contributed by atoms with Crippen molar-refractivity contribution in [3.05, 3.63) is 0 Å². The fourth-order valence-corrected chi connectivity index (χ4v) is 9.34. The maximum atomic E-state index is 13.0. The van der Waals surface area contributed by atoms with E-state index >= 15 is 0 Å². The summed E-state index contributed by atoms with van der Waals surface area (Å²) in [6.07, 6.45) is 10.5. The van der Waals surface area contributed by atoms with Crippen LogP contribution in [0.3, 0.4) is 0 Å². The highest BCUT2D eigenvalue weighted by Crippen LogP contribution is 2.66. The summed E-state index contributed by atoms with van der Waals surface area (Å²) < 4.78 is 18.7. The third kappa shape index (κ3) is 2.16. The molecule has 1 N–H and O–H groups in total. The molecule has 154 valence electrons. The second-order valence-electron chi connectivity index (χ2n) is 11.7. The summed E-state index contributed by atoms with van der Waals surface area (Å²) in [6.45, 7) is 0.861. The molecular formula is C23H32O5. The molecule has 9 fully saturated rings. The van der Waals surface area contributed by atoms with E-state index in [1.807, 2.05) is 0 Å². The zero-order valence-corrected chi connectivity index (χ0v) is 16.6. The molecule has 1 spiro atoms. The van der Waals surface area contributed by atoms with Gasteiger partial charge in [-0.1, -0.05) is 0 Å². The zero-order chi connectivity index (χ0) is 18.7. The van der Waals surface area contributed by atoms with Crippen molar-refractivity contribution in [3.8, 4) is 0 Å². The van der Waals surface area contributed by atoms with Crippen molar-refractivity contribution in [2.45, 2.75) is 81.7 Å². The van der Waals surface area contributed by atoms with Crippen molar-refractivity contribution in [3.63, 3.8) is 0 Å². The SMILES string of the molecule is O=C(OCC1COC2(O1)C1CC3CC(C1)CC2C3)C12CC3CC(O)(CC3C1)C2. The van der Waals surface area contributed by atoms with Crippen molar-refractivity contribution in [2.75, 3.05) is 13.2 Å². The van der Waals surface area contributed by atoms with Crippen LogP contribution >= 0.6 is 0 Å². The van der Waals surface area contributed by atoms with Gasteiger partial charge < -0.3 is 19.3 Å². The lowest BCUT2D eigenvalue weighted by Crippen LogP contribution is -2.58. The van der Waals surface area contributed by atoms with Crippen molar-refractivity contribution < 1.29 is 24.1 Å². The Bertz CT molecular complexity index is 674. The monoisotopic (exact) mass is 388 g/mol. The van der Waals surface area contributed by atoms with Crippen LogP contribution in [-0.2, 0) is 19.0 Å². The molecule has 0 aromatic heterocycles. The third-order valence-electron chi connectivity index (χ3n) is 9.88. The minimum atomic E-state index is -0.609. The average Bonchev–Trinajstić information content (AvgIpc) is 3.25. The van der Waals surface area contributed by atoms with Crippen LogP contribution in [0.25, 0.3) is 0 Å². The summed E-state index contributed by atoms with van der Waals surface area (Å²) in [6, 6.07) is 0. The van der Waals surface area contributed by atoms with Gasteiger partial charge in [-0.25, -0.2) is 0 Å². The van der Waals surface area contributed by atoms with Gasteiger partial charge in [-0.2, -0.15) is 0 Å². The van der Waals surface area contributed by atoms with Crippen LogP contribution in [0.1, 0.15) is 64.2 Å². The molecule has 9 aliphatic rings. The van der Waals surface area contributed by atoms with Crippen LogP contribution in [0.4, 0.5) is 0 Å². The Morgan fingerprint density at radius 3 is 2.21 bits per heavy atom. The smallest absolute Gasteiger partial charge is 0.312 e. The quantitative estimate of drug-likeness (QED) is 0.753. The van der Waals surface area contributed by atoms with Gasteiger partial charge >= 0.3 is 5.97 Å². The molecule has 1 heterocycles. The maximum absolute atomic E-state index is 13.0. The van der Waals surface area contributed by atoms with Crippen LogP contribution < -0.4 is 0 Å². The van der Waals surface area contributed by atoms with Crippen LogP contribution in [0, 0.1) is 40.9 Å². The minimum absolute atomic E-state index is 0.0903. The summed E-state index contributed by atoms with van der Waals surface area (Å²) >= 11 is 0. The van der Waals surface area contributed by atoms with E-state index in [0.29, 0.717) is 43.3 Å². The predicted molar refractivity (Wildman–Crippen MR) is 99.0 cm³/mol. The Kier molecular flexibility index (Phi) is 3.25. The number of rotatable bonds is 3. The summed E-state index contributed by atoms with van der Waals surface area (Å²) in [5.41, 5.74) is -1.04. The van der Waals surface area contributed by atoms with Gasteiger partial charge in [0, 0.05) is 11.8 Å². The number of hydrogen-bond donors (Lipinski definition) is 1. The van der Waals surface area contributed by atoms with E-state index in [-0.39, 0.29) is 17.9 Å². The van der Waals surface area contributed by atoms with Gasteiger partial charge in [-0.15, -0.1) is 0 Å². The molecule has 28 heavy (non-hydrogen) atoms. The summed E-state index contributed by atoms with van der Waals surface area (Å²) in [7, 11) is 0. The van der Waals surface area contributed by atoms with Gasteiger partial charge in [0.1, 0.15) is 12.7 Å². The zero-order valence-electron chi connectivity index (χ0n) is 16.6. The number of aliphatic hydroxyl groups is 1. The summed E-state index contributed by atoms with van der Waals surface area (Å²) in [5.74, 6) is 3.42. The standard InChI is InChI=1S/C23H32O5/c24-20(21-6-15-8-22(25,12-21)9-16(15)7-21)26-10-19-11-27-23(28-19)17-2-13-1-14(4-17)5-18(23)3-13/h13-19,25H,1-12H2. The van der Waals surface area contributed by atoms with Crippen molar-refractivity contribution in [1.82, 2.24) is 0 Å². The molecule has 0 aromatic rings. The van der Waals surface area contributed by atoms with Crippen LogP contribution in [0.2, 0.25) is 0 Å². The molecule has 8 bridgehead atoms. The lowest BCUT2D eigenvalue weighted by atomic mass is 9.53. The molecule has 0 amide bonds. The van der Waals surface area contributed by atoms with E-state index in [4.69, 9.17) is 14.2 Å². The van der Waals surface area contributed by atoms with Crippen molar-refractivity contribution in [2.24, 2.45) is 40.9 Å². The molecule has 1 aliphatic heterocycles. The Morgan fingerprint density at radius 1 is 0.964 bits per heavy atom. The third-order valence-corrected chi connectivity index (χ3v) is 9.88. The van der Waals surface area contributed by atoms with Crippen molar-refractivity contribution >= 4 is 5.97 Å². The maximum Gasteiger partial charge on any atom is 0.312 e. The first-order chi connectivity index (χ1) is 13.5. The number of carbonyl (C=O) groups excluding carboxylic acids is 1. The molecule has 9 rings (SSSR count). The summed E-state index contributed by atoms with van der Waals surface area (Å²) in [5, 5.41) is 10.7. The average molecular weight is 389 g/mol. The van der Waals surface area contributed by atoms with E-state index < -0.39 is 11.0 Å². The number of carbonyl (C=O) groups is 1. The van der Waals surface area contributed by atoms with Gasteiger partial charge in [0.2, 0.25) is 0 Å². The topological polar surface area (TPSA) is 65.0 Å². The normalized spacial score (nSPS) is 60.2. The first-order valence-electron chi connectivity index (χ1n) is 11.7. The Balaban J connectivity index is 1.02. The second kappa shape index (κ2) is 5.33. The van der Waals surface area contributed by atoms with E-state index in [9.17, 15) is 9.90 Å². The predicted octanol–water partition coefficient (Wildman–Crippen LogP) is 3.04. The molecule has 8 saturated carbocycles. The largest absolute Gasteiger partial charge is 0.462 e. The first-order valence-corrected chi connectivity index (χ1v) is 11.7. The fraction of sp³-hybridized carbons (Fsp3) is 0.957. The molecule has 8 aliphatic carbocycles. The Labute approximate surface area is 166 Å². The lowest BCUT2D eigenvalue weighted by Gasteiger charge is -2.58. The lowest BCUT2D eigenvalue weighted by molar-refractivity contribution is -0.295. The highest BCUT2D eigenvalue weighted by Gasteiger charge is 2.66. The second-order valence-corrected chi connectivity index (χ2v) is 11.7. The van der Waals surface area contributed by atoms with Gasteiger partial charge in [0.15, 0.2) is 5.79 Å². The molecular weight excluding hydrogens is 356 g/mol. The highest BCUT2D eigenvalue weighted by atomic mass is 16.8. The molecule has 0 aromatic carbocycles. The van der Waals surface area contributed by atoms with Crippen LogP contribution in [0.15, 0.2) is 0 Å². The van der Waals surface area contributed by atoms with Gasteiger partial charge in [0.05, 0.1) is 17.6 Å². The molecule has 3 atom stereocenters. The van der Waals surface area contributed by atoms with E-state index in [1.165, 1.54) is 32.1 Å². The number of hydrogen-bond acceptors (Lipinski definition) is 5. The van der Waals surface area contributed by atoms with Crippen LogP contribution in [-0.4, -0.2) is 41.8 Å². The van der Waals surface area contributed by atoms with E-state index in [2.05, 4.69) is 0 Å². The van der Waals surface area contributed by atoms with E-state index in [1.54, 1.807) is 0 Å². The van der Waals surface area contributed by atoms with E-state index in [0.717, 1.165) is 37.5 Å². The molecule has 5 nitrogen and oxygen atoms in total. The summed E-state index contributed by atoms with van der Waals surface area (Å²) in [4.78, 5) is 13.0. The van der Waals surface area contributed by atoms with Gasteiger partial charge in [-0.05, 0) is 87.9 Å². The highest BCUT2D eigenvalue weighted by molar-refractivity contribution is 5.78. The fourth-order valence-electron chi connectivity index (χ4n) is 9.34. The van der Waals surface area contributed by atoms with Crippen molar-refractivity contribution in [1.29, 1.82) is 0 Å². The number of ether oxygens (including phenoxy) is 3. The molecule has 1 saturated heterocycles. The first kappa shape index (κ1) is 17.1. The Morgan fingerprint density at radius 2 is 1.61 bits per heavy atom. The van der Waals surface area contributed by atoms with Gasteiger partial charge in [0.25, 0.3) is 0 Å².